The van der Waals surface area contributed by atoms with E-state index in [1.807, 2.05) is 31.2 Å². The van der Waals surface area contributed by atoms with Crippen LogP contribution in [0.2, 0.25) is 0 Å². The number of hydrogen-bond donors (Lipinski definition) is 6. The van der Waals surface area contributed by atoms with Gasteiger partial charge < -0.3 is 32.3 Å². The SMILES string of the molecule is Cc1ccc(C[C@H](N)C(=O)NC[C@H](NC(=O)[C@@H](N)Cc2ccc(O)cc2)C(=O)O)cc1. The number of rotatable bonds is 10. The number of hydrogen-bond acceptors (Lipinski definition) is 6. The third kappa shape index (κ3) is 7.72. The zero-order valence-corrected chi connectivity index (χ0v) is 17.2. The predicted molar refractivity (Wildman–Crippen MR) is 115 cm³/mol. The Labute approximate surface area is 180 Å². The number of nitrogens with one attached hydrogen (secondary N) is 2. The molecule has 0 aromatic heterocycles. The number of amides is 2. The minimum Gasteiger partial charge on any atom is -0.508 e. The first-order valence-electron chi connectivity index (χ1n) is 9.81. The van der Waals surface area contributed by atoms with Gasteiger partial charge >= 0.3 is 5.97 Å². The van der Waals surface area contributed by atoms with Crippen LogP contribution in [0.15, 0.2) is 48.5 Å². The summed E-state index contributed by atoms with van der Waals surface area (Å²) < 4.78 is 0. The summed E-state index contributed by atoms with van der Waals surface area (Å²) in [6.07, 6.45) is 0.458. The summed E-state index contributed by atoms with van der Waals surface area (Å²) in [5.41, 5.74) is 14.5. The molecule has 0 radical (unpaired) electrons. The number of aryl methyl sites for hydroxylation is 1. The molecule has 0 aliphatic carbocycles. The average molecular weight is 428 g/mol. The Kier molecular flexibility index (Phi) is 8.53. The predicted octanol–water partition coefficient (Wildman–Crippen LogP) is -0.174. The smallest absolute Gasteiger partial charge is 0.328 e. The van der Waals surface area contributed by atoms with E-state index in [0.29, 0.717) is 12.0 Å². The second kappa shape index (κ2) is 11.1. The van der Waals surface area contributed by atoms with Crippen molar-refractivity contribution in [1.29, 1.82) is 0 Å². The third-order valence-corrected chi connectivity index (χ3v) is 4.74. The van der Waals surface area contributed by atoms with Gasteiger partial charge in [0.1, 0.15) is 11.8 Å². The van der Waals surface area contributed by atoms with Gasteiger partial charge in [-0.3, -0.25) is 9.59 Å². The fourth-order valence-corrected chi connectivity index (χ4v) is 2.86. The van der Waals surface area contributed by atoms with Crippen molar-refractivity contribution >= 4 is 17.8 Å². The van der Waals surface area contributed by atoms with Gasteiger partial charge in [0.05, 0.1) is 12.1 Å². The van der Waals surface area contributed by atoms with Crippen LogP contribution in [-0.2, 0) is 27.2 Å². The number of carbonyl (C=O) groups is 3. The molecule has 0 saturated heterocycles. The van der Waals surface area contributed by atoms with Gasteiger partial charge in [0.15, 0.2) is 0 Å². The third-order valence-electron chi connectivity index (χ3n) is 4.74. The summed E-state index contributed by atoms with van der Waals surface area (Å²) in [6.45, 7) is 1.63. The molecule has 2 amide bonds. The van der Waals surface area contributed by atoms with Gasteiger partial charge in [-0.05, 0) is 43.0 Å². The minimum atomic E-state index is -1.35. The zero-order valence-electron chi connectivity index (χ0n) is 17.2. The van der Waals surface area contributed by atoms with E-state index in [1.54, 1.807) is 12.1 Å². The van der Waals surface area contributed by atoms with E-state index in [4.69, 9.17) is 11.5 Å². The van der Waals surface area contributed by atoms with Gasteiger partial charge in [0.25, 0.3) is 0 Å². The van der Waals surface area contributed by atoms with Crippen LogP contribution < -0.4 is 22.1 Å². The number of aliphatic carboxylic acids is 1. The van der Waals surface area contributed by atoms with E-state index in [2.05, 4.69) is 10.6 Å². The van der Waals surface area contributed by atoms with Crippen molar-refractivity contribution in [2.75, 3.05) is 6.54 Å². The van der Waals surface area contributed by atoms with Gasteiger partial charge in [0.2, 0.25) is 11.8 Å². The molecule has 166 valence electrons. The fourth-order valence-electron chi connectivity index (χ4n) is 2.86. The van der Waals surface area contributed by atoms with Gasteiger partial charge in [-0.15, -0.1) is 0 Å². The summed E-state index contributed by atoms with van der Waals surface area (Å²) in [6, 6.07) is 10.5. The van der Waals surface area contributed by atoms with Crippen LogP contribution in [0.4, 0.5) is 0 Å². The van der Waals surface area contributed by atoms with Gasteiger partial charge in [0, 0.05) is 6.54 Å². The molecule has 0 aliphatic heterocycles. The maximum absolute atomic E-state index is 12.3. The molecule has 31 heavy (non-hydrogen) atoms. The van der Waals surface area contributed by atoms with Crippen LogP contribution >= 0.6 is 0 Å². The molecule has 0 aliphatic rings. The molecule has 2 aromatic carbocycles. The van der Waals surface area contributed by atoms with Gasteiger partial charge in [-0.25, -0.2) is 4.79 Å². The van der Waals surface area contributed by atoms with E-state index in [9.17, 15) is 24.6 Å². The first kappa shape index (κ1) is 23.8. The second-order valence-electron chi connectivity index (χ2n) is 7.42. The van der Waals surface area contributed by atoms with Crippen molar-refractivity contribution in [3.8, 4) is 5.75 Å². The number of aromatic hydroxyl groups is 1. The first-order chi connectivity index (χ1) is 14.7. The fraction of sp³-hybridized carbons (Fsp3) is 0.318. The molecular formula is C22H28N4O5. The molecule has 0 unspecified atom stereocenters. The number of benzene rings is 2. The number of carboxylic acid groups (broad SMARTS) is 1. The maximum atomic E-state index is 12.3. The second-order valence-corrected chi connectivity index (χ2v) is 7.42. The molecular weight excluding hydrogens is 400 g/mol. The van der Waals surface area contributed by atoms with E-state index in [1.165, 1.54) is 12.1 Å². The summed E-state index contributed by atoms with van der Waals surface area (Å²) in [4.78, 5) is 36.0. The highest BCUT2D eigenvalue weighted by molar-refractivity contribution is 5.88. The molecule has 9 heteroatoms. The lowest BCUT2D eigenvalue weighted by Crippen LogP contribution is -2.54. The lowest BCUT2D eigenvalue weighted by Gasteiger charge is -2.19. The normalized spacial score (nSPS) is 13.6. The number of carbonyl (C=O) groups excluding carboxylic acids is 2. The van der Waals surface area contributed by atoms with Crippen molar-refractivity contribution in [1.82, 2.24) is 10.6 Å². The van der Waals surface area contributed by atoms with Crippen molar-refractivity contribution in [3.05, 3.63) is 65.2 Å². The molecule has 3 atom stereocenters. The minimum absolute atomic E-state index is 0.0871. The average Bonchev–Trinajstić information content (AvgIpc) is 2.73. The van der Waals surface area contributed by atoms with Crippen molar-refractivity contribution in [2.45, 2.75) is 37.9 Å². The van der Waals surface area contributed by atoms with Crippen molar-refractivity contribution in [2.24, 2.45) is 11.5 Å². The largest absolute Gasteiger partial charge is 0.508 e. The van der Waals surface area contributed by atoms with E-state index in [-0.39, 0.29) is 18.7 Å². The molecule has 0 fully saturated rings. The number of carboxylic acids is 1. The summed E-state index contributed by atoms with van der Waals surface area (Å²) in [5, 5.41) is 23.5. The Bertz CT molecular complexity index is 899. The summed E-state index contributed by atoms with van der Waals surface area (Å²) in [5.74, 6) is -2.41. The highest BCUT2D eigenvalue weighted by Crippen LogP contribution is 2.11. The molecule has 8 N–H and O–H groups in total. The van der Waals surface area contributed by atoms with Crippen LogP contribution in [0.1, 0.15) is 16.7 Å². The monoisotopic (exact) mass is 428 g/mol. The molecule has 9 nitrogen and oxygen atoms in total. The van der Waals surface area contributed by atoms with E-state index < -0.39 is 35.9 Å². The summed E-state index contributed by atoms with van der Waals surface area (Å²) in [7, 11) is 0. The summed E-state index contributed by atoms with van der Waals surface area (Å²) >= 11 is 0. The molecule has 0 heterocycles. The number of phenols is 1. The quantitative estimate of drug-likeness (QED) is 0.305. The highest BCUT2D eigenvalue weighted by atomic mass is 16.4. The number of nitrogens with two attached hydrogens (primary N) is 2. The lowest BCUT2D eigenvalue weighted by molar-refractivity contribution is -0.142. The lowest BCUT2D eigenvalue weighted by atomic mass is 10.0. The molecule has 2 aromatic rings. The molecule has 0 spiro atoms. The Morgan fingerprint density at radius 2 is 1.35 bits per heavy atom. The van der Waals surface area contributed by atoms with E-state index in [0.717, 1.165) is 11.1 Å². The standard InChI is InChI=1S/C22H28N4O5/c1-13-2-4-14(5-3-13)10-17(23)20(28)25-12-19(22(30)31)26-21(29)18(24)11-15-6-8-16(27)9-7-15/h2-9,17-19,27H,10-12,23-24H2,1H3,(H,25,28)(H,26,29)(H,30,31)/t17-,18-,19-/m0/s1. The highest BCUT2D eigenvalue weighted by Gasteiger charge is 2.25. The van der Waals surface area contributed by atoms with Crippen molar-refractivity contribution < 1.29 is 24.6 Å². The van der Waals surface area contributed by atoms with Crippen molar-refractivity contribution in [3.63, 3.8) is 0 Å². The first-order valence-corrected chi connectivity index (χ1v) is 9.81. The molecule has 2 rings (SSSR count). The van der Waals surface area contributed by atoms with Crippen LogP contribution in [0.5, 0.6) is 5.75 Å². The Hall–Kier alpha value is -3.43. The maximum Gasteiger partial charge on any atom is 0.328 e. The molecule has 0 saturated carbocycles. The van der Waals surface area contributed by atoms with Crippen LogP contribution in [0.25, 0.3) is 0 Å². The van der Waals surface area contributed by atoms with Gasteiger partial charge in [-0.2, -0.15) is 0 Å². The van der Waals surface area contributed by atoms with Crippen LogP contribution in [0, 0.1) is 6.92 Å². The Morgan fingerprint density at radius 3 is 1.87 bits per heavy atom. The van der Waals surface area contributed by atoms with Gasteiger partial charge in [-0.1, -0.05) is 42.0 Å². The van der Waals surface area contributed by atoms with Crippen LogP contribution in [-0.4, -0.2) is 52.7 Å². The Morgan fingerprint density at radius 1 is 0.871 bits per heavy atom. The topological polar surface area (TPSA) is 168 Å². The Balaban J connectivity index is 1.86. The molecule has 0 bridgehead atoms. The van der Waals surface area contributed by atoms with E-state index >= 15 is 0 Å². The number of phenolic OH excluding ortho intramolecular Hbond substituents is 1. The zero-order chi connectivity index (χ0) is 23.0. The van der Waals surface area contributed by atoms with Crippen LogP contribution in [0.3, 0.4) is 0 Å².